The van der Waals surface area contributed by atoms with Crippen molar-refractivity contribution >= 4 is 15.7 Å². The molecule has 1 aromatic carbocycles. The molecule has 0 aliphatic rings. The number of benzene rings is 1. The monoisotopic (exact) mass is 308 g/mol. The molecule has 21 heavy (non-hydrogen) atoms. The molecule has 0 spiro atoms. The van der Waals surface area contributed by atoms with E-state index in [1.807, 2.05) is 12.1 Å². The van der Waals surface area contributed by atoms with Crippen LogP contribution in [0.15, 0.2) is 29.2 Å². The number of H-pyrrole nitrogens is 1. The quantitative estimate of drug-likeness (QED) is 0.756. The molecule has 1 aromatic heterocycles. The van der Waals surface area contributed by atoms with E-state index in [-0.39, 0.29) is 4.90 Å². The van der Waals surface area contributed by atoms with Crippen molar-refractivity contribution in [3.05, 3.63) is 41.2 Å². The number of nitrogens with zero attached hydrogens (tertiary/aromatic N) is 1. The Balaban J connectivity index is 2.20. The van der Waals surface area contributed by atoms with Gasteiger partial charge >= 0.3 is 0 Å². The Bertz CT molecular complexity index is 686. The van der Waals surface area contributed by atoms with Crippen LogP contribution in [0.2, 0.25) is 0 Å². The number of anilines is 1. The van der Waals surface area contributed by atoms with E-state index in [9.17, 15) is 8.42 Å². The lowest BCUT2D eigenvalue weighted by atomic mass is 10.1. The van der Waals surface area contributed by atoms with Gasteiger partial charge in [0.05, 0.1) is 22.0 Å². The summed E-state index contributed by atoms with van der Waals surface area (Å²) in [4.78, 5) is 0.235. The minimum Gasteiger partial charge on any atom is -0.330 e. The molecule has 0 amide bonds. The highest BCUT2D eigenvalue weighted by Gasteiger charge is 2.17. The Labute approximate surface area is 124 Å². The first-order valence-corrected chi connectivity index (χ1v) is 8.26. The SMILES string of the molecule is Cc1n[nH]c(C)c1NS(=O)(=O)c1ccc(CCCN)cc1. The first-order chi connectivity index (χ1) is 9.94. The summed E-state index contributed by atoms with van der Waals surface area (Å²) in [6.45, 7) is 4.14. The normalized spacial score (nSPS) is 11.6. The van der Waals surface area contributed by atoms with Gasteiger partial charge < -0.3 is 5.73 Å². The van der Waals surface area contributed by atoms with E-state index >= 15 is 0 Å². The van der Waals surface area contributed by atoms with Gasteiger partial charge in [-0.1, -0.05) is 12.1 Å². The van der Waals surface area contributed by atoms with Crippen molar-refractivity contribution in [2.24, 2.45) is 5.73 Å². The van der Waals surface area contributed by atoms with E-state index in [1.165, 1.54) is 0 Å². The minimum atomic E-state index is -3.60. The topological polar surface area (TPSA) is 101 Å². The van der Waals surface area contributed by atoms with Gasteiger partial charge in [0.2, 0.25) is 0 Å². The Morgan fingerprint density at radius 2 is 1.90 bits per heavy atom. The van der Waals surface area contributed by atoms with E-state index in [0.29, 0.717) is 23.6 Å². The molecule has 2 aromatic rings. The van der Waals surface area contributed by atoms with Gasteiger partial charge in [0.15, 0.2) is 0 Å². The third-order valence-electron chi connectivity index (χ3n) is 3.27. The second-order valence-corrected chi connectivity index (χ2v) is 6.63. The number of rotatable bonds is 6. The van der Waals surface area contributed by atoms with Gasteiger partial charge in [-0.15, -0.1) is 0 Å². The van der Waals surface area contributed by atoms with E-state index < -0.39 is 10.0 Å². The van der Waals surface area contributed by atoms with Gasteiger partial charge in [0.25, 0.3) is 10.0 Å². The molecule has 114 valence electrons. The van der Waals surface area contributed by atoms with Gasteiger partial charge in [-0.2, -0.15) is 5.10 Å². The van der Waals surface area contributed by atoms with Crippen molar-refractivity contribution in [1.82, 2.24) is 10.2 Å². The number of hydrogen-bond donors (Lipinski definition) is 3. The number of aromatic nitrogens is 2. The number of nitrogens with one attached hydrogen (secondary N) is 2. The molecule has 4 N–H and O–H groups in total. The molecule has 0 unspecified atom stereocenters. The third-order valence-corrected chi connectivity index (χ3v) is 4.63. The van der Waals surface area contributed by atoms with Crippen molar-refractivity contribution in [2.45, 2.75) is 31.6 Å². The molecule has 0 atom stereocenters. The molecule has 0 aliphatic heterocycles. The Kier molecular flexibility index (Phi) is 4.64. The Hall–Kier alpha value is -1.86. The fourth-order valence-electron chi connectivity index (χ4n) is 2.04. The number of nitrogens with two attached hydrogens (primary N) is 1. The lowest BCUT2D eigenvalue weighted by molar-refractivity contribution is 0.601. The van der Waals surface area contributed by atoms with Crippen LogP contribution in [0.1, 0.15) is 23.4 Å². The molecule has 0 aliphatic carbocycles. The van der Waals surface area contributed by atoms with Gasteiger partial charge in [-0.25, -0.2) is 8.42 Å². The average molecular weight is 308 g/mol. The van der Waals surface area contributed by atoms with Crippen LogP contribution >= 0.6 is 0 Å². The van der Waals surface area contributed by atoms with Crippen LogP contribution in [0.3, 0.4) is 0 Å². The standard InChI is InChI=1S/C14H20N4O2S/c1-10-14(11(2)17-16-10)18-21(19,20)13-7-5-12(6-8-13)4-3-9-15/h5-8,18H,3-4,9,15H2,1-2H3,(H,16,17). The van der Waals surface area contributed by atoms with Crippen LogP contribution in [0.5, 0.6) is 0 Å². The minimum absolute atomic E-state index is 0.235. The summed E-state index contributed by atoms with van der Waals surface area (Å²) in [5.41, 5.74) is 8.36. The molecular formula is C14H20N4O2S. The lowest BCUT2D eigenvalue weighted by Gasteiger charge is -2.09. The third kappa shape index (κ3) is 3.62. The number of aromatic amines is 1. The Morgan fingerprint density at radius 1 is 1.24 bits per heavy atom. The van der Waals surface area contributed by atoms with E-state index in [4.69, 9.17) is 5.73 Å². The van der Waals surface area contributed by atoms with Crippen LogP contribution in [0.4, 0.5) is 5.69 Å². The summed E-state index contributed by atoms with van der Waals surface area (Å²) in [5, 5.41) is 6.73. The number of hydrogen-bond acceptors (Lipinski definition) is 4. The zero-order valence-electron chi connectivity index (χ0n) is 12.2. The van der Waals surface area contributed by atoms with Crippen LogP contribution in [0.25, 0.3) is 0 Å². The van der Waals surface area contributed by atoms with Crippen LogP contribution in [-0.4, -0.2) is 25.2 Å². The maximum Gasteiger partial charge on any atom is 0.262 e. The molecule has 6 nitrogen and oxygen atoms in total. The van der Waals surface area contributed by atoms with Crippen LogP contribution < -0.4 is 10.5 Å². The molecule has 1 heterocycles. The smallest absolute Gasteiger partial charge is 0.262 e. The van der Waals surface area contributed by atoms with Gasteiger partial charge in [0, 0.05) is 0 Å². The summed E-state index contributed by atoms with van der Waals surface area (Å²) in [6.07, 6.45) is 1.74. The molecule has 0 saturated heterocycles. The van der Waals surface area contributed by atoms with E-state index in [1.54, 1.807) is 26.0 Å². The number of aryl methyl sites for hydroxylation is 3. The average Bonchev–Trinajstić information content (AvgIpc) is 2.77. The van der Waals surface area contributed by atoms with Crippen molar-refractivity contribution in [1.29, 1.82) is 0 Å². The molecular weight excluding hydrogens is 288 g/mol. The van der Waals surface area contributed by atoms with Gasteiger partial charge in [-0.3, -0.25) is 9.82 Å². The molecule has 0 saturated carbocycles. The van der Waals surface area contributed by atoms with Crippen molar-refractivity contribution in [2.75, 3.05) is 11.3 Å². The van der Waals surface area contributed by atoms with Gasteiger partial charge in [0.1, 0.15) is 0 Å². The van der Waals surface area contributed by atoms with Crippen molar-refractivity contribution < 1.29 is 8.42 Å². The highest BCUT2D eigenvalue weighted by atomic mass is 32.2. The van der Waals surface area contributed by atoms with Crippen molar-refractivity contribution in [3.8, 4) is 0 Å². The summed E-state index contributed by atoms with van der Waals surface area (Å²) in [5.74, 6) is 0. The molecule has 0 radical (unpaired) electrons. The second-order valence-electron chi connectivity index (χ2n) is 4.95. The molecule has 2 rings (SSSR count). The molecule has 0 fully saturated rings. The summed E-state index contributed by atoms with van der Waals surface area (Å²) in [7, 11) is -3.60. The first-order valence-electron chi connectivity index (χ1n) is 6.77. The highest BCUT2D eigenvalue weighted by molar-refractivity contribution is 7.92. The largest absolute Gasteiger partial charge is 0.330 e. The van der Waals surface area contributed by atoms with E-state index in [2.05, 4.69) is 14.9 Å². The summed E-state index contributed by atoms with van der Waals surface area (Å²) < 4.78 is 27.3. The zero-order valence-corrected chi connectivity index (χ0v) is 13.0. The summed E-state index contributed by atoms with van der Waals surface area (Å²) >= 11 is 0. The highest BCUT2D eigenvalue weighted by Crippen LogP contribution is 2.21. The predicted octanol–water partition coefficient (Wildman–Crippen LogP) is 1.72. The van der Waals surface area contributed by atoms with Gasteiger partial charge in [-0.05, 0) is 50.9 Å². The fourth-order valence-corrected chi connectivity index (χ4v) is 3.22. The van der Waals surface area contributed by atoms with Crippen LogP contribution in [-0.2, 0) is 16.4 Å². The predicted molar refractivity (Wildman–Crippen MR) is 82.7 cm³/mol. The maximum absolute atomic E-state index is 12.4. The second kappa shape index (κ2) is 6.28. The first kappa shape index (κ1) is 15.5. The van der Waals surface area contributed by atoms with Crippen LogP contribution in [0, 0.1) is 13.8 Å². The molecule has 0 bridgehead atoms. The molecule has 7 heteroatoms. The van der Waals surface area contributed by atoms with Crippen molar-refractivity contribution in [3.63, 3.8) is 0 Å². The summed E-state index contributed by atoms with van der Waals surface area (Å²) in [6, 6.07) is 6.86. The zero-order chi connectivity index (χ0) is 15.5. The number of sulfonamides is 1. The van der Waals surface area contributed by atoms with E-state index in [0.717, 1.165) is 18.4 Å². The lowest BCUT2D eigenvalue weighted by Crippen LogP contribution is -2.14. The maximum atomic E-state index is 12.4. The Morgan fingerprint density at radius 3 is 2.43 bits per heavy atom. The fraction of sp³-hybridized carbons (Fsp3) is 0.357.